The Hall–Kier alpha value is -4.37. The van der Waals surface area contributed by atoms with Gasteiger partial charge in [-0.15, -0.1) is 0 Å². The number of ether oxygens (including phenoxy) is 1. The van der Waals surface area contributed by atoms with E-state index < -0.39 is 23.5 Å². The number of aromatic nitrogens is 5. The number of carboxylic acid groups (broad SMARTS) is 1. The van der Waals surface area contributed by atoms with Gasteiger partial charge in [0.15, 0.2) is 11.5 Å². The first kappa shape index (κ1) is 32.6. The van der Waals surface area contributed by atoms with Gasteiger partial charge in [-0.2, -0.15) is 13.2 Å². The second kappa shape index (κ2) is 13.0. The quantitative estimate of drug-likeness (QED) is 0.211. The molecule has 11 nitrogen and oxygen atoms in total. The maximum atomic E-state index is 14.4. The highest BCUT2D eigenvalue weighted by molar-refractivity contribution is 5.91. The molecule has 47 heavy (non-hydrogen) atoms. The molecule has 2 aliphatic rings. The first-order valence-corrected chi connectivity index (χ1v) is 15.4. The van der Waals surface area contributed by atoms with Crippen molar-refractivity contribution in [3.8, 4) is 22.8 Å². The van der Waals surface area contributed by atoms with Crippen molar-refractivity contribution in [3.63, 3.8) is 0 Å². The number of rotatable bonds is 11. The molecule has 4 aromatic rings. The van der Waals surface area contributed by atoms with E-state index in [9.17, 15) is 22.4 Å². The zero-order valence-electron chi connectivity index (χ0n) is 26.1. The number of alkyl halides is 3. The van der Waals surface area contributed by atoms with Gasteiger partial charge in [-0.05, 0) is 37.1 Å². The third-order valence-corrected chi connectivity index (χ3v) is 9.03. The number of fused-ring (bicyclic) bond motifs is 1. The molecule has 0 bridgehead atoms. The predicted molar refractivity (Wildman–Crippen MR) is 168 cm³/mol. The number of nitrogens with one attached hydrogen (secondary N) is 1. The highest BCUT2D eigenvalue weighted by Crippen LogP contribution is 2.43. The van der Waals surface area contributed by atoms with Gasteiger partial charge in [-0.3, -0.25) is 9.69 Å². The number of benzene rings is 1. The van der Waals surface area contributed by atoms with Crippen molar-refractivity contribution < 1.29 is 32.2 Å². The summed E-state index contributed by atoms with van der Waals surface area (Å²) in [6, 6.07) is 4.05. The van der Waals surface area contributed by atoms with Crippen LogP contribution >= 0.6 is 0 Å². The number of methoxy groups -OCH3 is 1. The molecule has 1 aliphatic heterocycles. The second-order valence-electron chi connectivity index (χ2n) is 12.4. The van der Waals surface area contributed by atoms with Gasteiger partial charge < -0.3 is 24.6 Å². The predicted octanol–water partition coefficient (Wildman–Crippen LogP) is 5.09. The lowest BCUT2D eigenvalue weighted by atomic mass is 9.69. The van der Waals surface area contributed by atoms with Crippen LogP contribution in [0.25, 0.3) is 33.9 Å². The maximum absolute atomic E-state index is 14.4. The van der Waals surface area contributed by atoms with Gasteiger partial charge in [-0.25, -0.2) is 24.3 Å². The van der Waals surface area contributed by atoms with E-state index >= 15 is 0 Å². The van der Waals surface area contributed by atoms with Crippen LogP contribution in [-0.4, -0.2) is 101 Å². The van der Waals surface area contributed by atoms with Crippen molar-refractivity contribution in [2.24, 2.45) is 5.41 Å². The van der Waals surface area contributed by atoms with Crippen LogP contribution in [0.5, 0.6) is 0 Å². The zero-order valence-corrected chi connectivity index (χ0v) is 26.1. The molecule has 2 fully saturated rings. The maximum Gasteiger partial charge on any atom is 0.416 e. The SMILES string of the molecule is COCC1(CN(C)c2cc(-c3cc(F)cc(C(F)(F)F)c3)nc3nc(-c4cnc(N5CCN(CCC(=O)O)CC5)cn4)[nH]c23)CCC1. The smallest absolute Gasteiger partial charge is 0.416 e. The van der Waals surface area contributed by atoms with Crippen LogP contribution < -0.4 is 9.80 Å². The lowest BCUT2D eigenvalue weighted by Gasteiger charge is -2.44. The second-order valence-corrected chi connectivity index (χ2v) is 12.4. The number of hydrogen-bond donors (Lipinski definition) is 2. The number of piperazine rings is 1. The van der Waals surface area contributed by atoms with Crippen LogP contribution in [0.15, 0.2) is 36.7 Å². The topological polar surface area (TPSA) is 124 Å². The van der Waals surface area contributed by atoms with Crippen molar-refractivity contribution in [1.29, 1.82) is 0 Å². The Morgan fingerprint density at radius 2 is 1.83 bits per heavy atom. The molecule has 0 radical (unpaired) electrons. The summed E-state index contributed by atoms with van der Waals surface area (Å²) >= 11 is 0. The first-order valence-electron chi connectivity index (χ1n) is 15.4. The molecule has 6 rings (SSSR count). The fourth-order valence-electron chi connectivity index (χ4n) is 6.42. The van der Waals surface area contributed by atoms with Crippen LogP contribution in [0.1, 0.15) is 31.2 Å². The van der Waals surface area contributed by atoms with Crippen LogP contribution in [0, 0.1) is 11.2 Å². The van der Waals surface area contributed by atoms with Crippen LogP contribution in [0.4, 0.5) is 29.1 Å². The zero-order chi connectivity index (χ0) is 33.3. The summed E-state index contributed by atoms with van der Waals surface area (Å²) in [5, 5.41) is 8.95. The van der Waals surface area contributed by atoms with Crippen molar-refractivity contribution in [3.05, 3.63) is 48.0 Å². The average molecular weight is 657 g/mol. The van der Waals surface area contributed by atoms with E-state index in [0.717, 1.165) is 31.4 Å². The number of hydrogen-bond acceptors (Lipinski definition) is 9. The van der Waals surface area contributed by atoms with Gasteiger partial charge in [0.05, 0.1) is 42.4 Å². The van der Waals surface area contributed by atoms with Gasteiger partial charge in [0.1, 0.15) is 22.8 Å². The van der Waals surface area contributed by atoms with Crippen molar-refractivity contribution >= 4 is 28.6 Å². The number of halogens is 4. The summed E-state index contributed by atoms with van der Waals surface area (Å²) in [5.74, 6) is -0.774. The lowest BCUT2D eigenvalue weighted by molar-refractivity contribution is -0.138. The molecule has 250 valence electrons. The number of carbonyl (C=O) groups is 1. The summed E-state index contributed by atoms with van der Waals surface area (Å²) in [5.41, 5.74) is 0.882. The molecule has 0 atom stereocenters. The minimum absolute atomic E-state index is 0.0131. The molecule has 0 spiro atoms. The van der Waals surface area contributed by atoms with Gasteiger partial charge in [0.25, 0.3) is 0 Å². The standard InChI is InChI=1S/C32H36F4N8O3/c1-42(18-31(19-47-2)5-3-6-31)25-15-23(20-12-21(32(34,35)36)14-22(33)13-20)39-30-28(25)40-29(41-30)24-16-38-26(17-37-24)44-10-8-43(9-11-44)7-4-27(45)46/h12-17H,3-11,18-19H2,1-2H3,(H,45,46)(H,39,40,41). The van der Waals surface area contributed by atoms with Crippen molar-refractivity contribution in [1.82, 2.24) is 29.8 Å². The average Bonchev–Trinajstić information content (AvgIpc) is 3.46. The van der Waals surface area contributed by atoms with Crippen molar-refractivity contribution in [2.75, 3.05) is 69.8 Å². The number of anilines is 2. The monoisotopic (exact) mass is 656 g/mol. The molecular formula is C32H36F4N8O3. The summed E-state index contributed by atoms with van der Waals surface area (Å²) in [6.07, 6.45) is 1.68. The summed E-state index contributed by atoms with van der Waals surface area (Å²) in [6.45, 7) is 4.50. The highest BCUT2D eigenvalue weighted by atomic mass is 19.4. The van der Waals surface area contributed by atoms with E-state index in [-0.39, 0.29) is 28.7 Å². The van der Waals surface area contributed by atoms with Crippen LogP contribution in [0.3, 0.4) is 0 Å². The summed E-state index contributed by atoms with van der Waals surface area (Å²) in [4.78, 5) is 38.8. The van der Waals surface area contributed by atoms with Gasteiger partial charge >= 0.3 is 12.1 Å². The molecular weight excluding hydrogens is 620 g/mol. The number of imidazole rings is 1. The lowest BCUT2D eigenvalue weighted by Crippen LogP contribution is -2.47. The Bertz CT molecular complexity index is 1730. The third kappa shape index (κ3) is 7.15. The number of aromatic amines is 1. The normalized spacial score (nSPS) is 16.8. The molecule has 1 aromatic carbocycles. The highest BCUT2D eigenvalue weighted by Gasteiger charge is 2.38. The van der Waals surface area contributed by atoms with Gasteiger partial charge in [-0.1, -0.05) is 6.42 Å². The molecule has 3 aromatic heterocycles. The molecule has 4 heterocycles. The van der Waals surface area contributed by atoms with Crippen molar-refractivity contribution in [2.45, 2.75) is 31.9 Å². The molecule has 0 unspecified atom stereocenters. The fourth-order valence-corrected chi connectivity index (χ4v) is 6.42. The number of aliphatic carboxylic acids is 1. The molecule has 1 saturated carbocycles. The van der Waals surface area contributed by atoms with E-state index in [4.69, 9.17) is 9.84 Å². The van der Waals surface area contributed by atoms with Gasteiger partial charge in [0.2, 0.25) is 0 Å². The largest absolute Gasteiger partial charge is 0.481 e. The number of H-pyrrole nitrogens is 1. The number of pyridine rings is 1. The van der Waals surface area contributed by atoms with E-state index in [2.05, 4.69) is 34.7 Å². The van der Waals surface area contributed by atoms with E-state index in [1.54, 1.807) is 25.6 Å². The van der Waals surface area contributed by atoms with Gasteiger partial charge in [0, 0.05) is 64.4 Å². The fraction of sp³-hybridized carbons (Fsp3) is 0.469. The Morgan fingerprint density at radius 1 is 1.06 bits per heavy atom. The first-order chi connectivity index (χ1) is 22.4. The molecule has 0 amide bonds. The Balaban J connectivity index is 1.32. The molecule has 1 saturated heterocycles. The Kier molecular flexibility index (Phi) is 9.03. The van der Waals surface area contributed by atoms with E-state index in [0.29, 0.717) is 80.5 Å². The molecule has 2 N–H and O–H groups in total. The van der Waals surface area contributed by atoms with E-state index in [1.807, 2.05) is 11.9 Å². The Labute approximate surface area is 268 Å². The number of nitrogens with zero attached hydrogens (tertiary/aromatic N) is 7. The minimum atomic E-state index is -4.73. The van der Waals surface area contributed by atoms with E-state index in [1.165, 1.54) is 0 Å². The molecule has 1 aliphatic carbocycles. The van der Waals surface area contributed by atoms with Crippen LogP contribution in [-0.2, 0) is 15.7 Å². The Morgan fingerprint density at radius 3 is 2.45 bits per heavy atom. The third-order valence-electron chi connectivity index (χ3n) is 9.03. The minimum Gasteiger partial charge on any atom is -0.481 e. The van der Waals surface area contributed by atoms with Crippen LogP contribution in [0.2, 0.25) is 0 Å². The number of carboxylic acids is 1. The molecule has 15 heteroatoms. The summed E-state index contributed by atoms with van der Waals surface area (Å²) < 4.78 is 60.7. The summed E-state index contributed by atoms with van der Waals surface area (Å²) in [7, 11) is 3.57.